The van der Waals surface area contributed by atoms with Crippen LogP contribution in [0.1, 0.15) is 0 Å². The Hall–Kier alpha value is -0.130. The van der Waals surface area contributed by atoms with Crippen LogP contribution < -0.4 is 4.89 Å². The quantitative estimate of drug-likeness (QED) is 0.398. The van der Waals surface area contributed by atoms with Crippen LogP contribution in [0.5, 0.6) is 0 Å². The van der Waals surface area contributed by atoms with E-state index in [0.29, 0.717) is 0 Å². The molecular weight excluding hydrogens is 106 g/mol. The van der Waals surface area contributed by atoms with E-state index in [4.69, 9.17) is 0 Å². The van der Waals surface area contributed by atoms with Gasteiger partial charge in [-0.3, -0.25) is 4.89 Å². The van der Waals surface area contributed by atoms with Crippen molar-refractivity contribution in [2.24, 2.45) is 0 Å². The highest BCUT2D eigenvalue weighted by molar-refractivity contribution is 7.84. The van der Waals surface area contributed by atoms with Gasteiger partial charge in [-0.05, 0) is 0 Å². The highest BCUT2D eigenvalue weighted by Gasteiger charge is 1.89. The van der Waals surface area contributed by atoms with Crippen molar-refractivity contribution in [3.8, 4) is 0 Å². The van der Waals surface area contributed by atoms with E-state index in [9.17, 15) is 13.6 Å². The van der Waals surface area contributed by atoms with Gasteiger partial charge in [0.15, 0.2) is 0 Å². The third-order valence-electron chi connectivity index (χ3n) is 0.175. The first-order valence-corrected chi connectivity index (χ1v) is 3.17. The summed E-state index contributed by atoms with van der Waals surface area (Å²) in [6.07, 6.45) is 0.847. The molecule has 4 nitrogen and oxygen atoms in total. The van der Waals surface area contributed by atoms with E-state index < -0.39 is 10.0 Å². The molecule has 5 heteroatoms. The minimum atomic E-state index is -3.34. The molecule has 0 heterocycles. The summed E-state index contributed by atoms with van der Waals surface area (Å²) < 4.78 is 19.3. The molecular formula is CH5NO3S. The zero-order valence-electron chi connectivity index (χ0n) is 3.21. The van der Waals surface area contributed by atoms with E-state index in [1.54, 1.807) is 0 Å². The summed E-state index contributed by atoms with van der Waals surface area (Å²) in [4.78, 5) is -0.0903. The molecule has 0 aromatic heterocycles. The van der Waals surface area contributed by atoms with Gasteiger partial charge in [-0.2, -0.15) is 8.42 Å². The van der Waals surface area contributed by atoms with Gasteiger partial charge < -0.3 is 5.21 Å². The number of nitrogens with two attached hydrogens (primary N) is 1. The van der Waals surface area contributed by atoms with Gasteiger partial charge in [0.25, 0.3) is 10.0 Å². The van der Waals surface area contributed by atoms with Crippen LogP contribution in [0.2, 0.25) is 0 Å². The normalized spacial score (nSPS) is 11.7. The Kier molecular flexibility index (Phi) is 1.51. The van der Waals surface area contributed by atoms with Crippen LogP contribution in [-0.2, 0) is 10.0 Å². The summed E-state index contributed by atoms with van der Waals surface area (Å²) >= 11 is 0. The molecule has 0 amide bonds. The summed E-state index contributed by atoms with van der Waals surface area (Å²) in [6, 6.07) is 0. The fourth-order valence-corrected chi connectivity index (χ4v) is 0. The van der Waals surface area contributed by atoms with Crippen LogP contribution in [0.4, 0.5) is 0 Å². The van der Waals surface area contributed by atoms with Gasteiger partial charge in [0.1, 0.15) is 0 Å². The average Bonchev–Trinajstić information content (AvgIpc) is 1.35. The van der Waals surface area contributed by atoms with Gasteiger partial charge in [0, 0.05) is 0 Å². The topological polar surface area (TPSA) is 73.8 Å². The van der Waals surface area contributed by atoms with Gasteiger partial charge in [0.05, 0.1) is 6.26 Å². The van der Waals surface area contributed by atoms with Gasteiger partial charge in [0.2, 0.25) is 0 Å². The predicted molar refractivity (Wildman–Crippen MR) is 20.1 cm³/mol. The average molecular weight is 111 g/mol. The van der Waals surface area contributed by atoms with Crippen molar-refractivity contribution in [3.63, 3.8) is 0 Å². The maximum atomic E-state index is 9.63. The molecule has 0 aromatic rings. The molecule has 6 heavy (non-hydrogen) atoms. The van der Waals surface area contributed by atoms with E-state index in [-0.39, 0.29) is 4.89 Å². The van der Waals surface area contributed by atoms with Crippen LogP contribution in [0.3, 0.4) is 0 Å². The summed E-state index contributed by atoms with van der Waals surface area (Å²) in [6.45, 7) is 0. The monoisotopic (exact) mass is 111 g/mol. The second-order valence-electron chi connectivity index (χ2n) is 0.926. The molecule has 0 spiro atoms. The Morgan fingerprint density at radius 3 is 1.83 bits per heavy atom. The largest absolute Gasteiger partial charge is 0.620 e. The lowest BCUT2D eigenvalue weighted by atomic mass is 12.0. The molecule has 38 valence electrons. The van der Waals surface area contributed by atoms with Gasteiger partial charge in [-0.25, -0.2) is 0 Å². The second-order valence-corrected chi connectivity index (χ2v) is 2.78. The SMILES string of the molecule is CS(=O)(=O)[NH2+][O-]. The standard InChI is InChI=1S/CH5NO3S/c1-6(4,5)2-3/h2H2,1H3. The first kappa shape index (κ1) is 5.87. The predicted octanol–water partition coefficient (Wildman–Crippen LogP) is -1.99. The van der Waals surface area contributed by atoms with Gasteiger partial charge in [-0.15, -0.1) is 0 Å². The van der Waals surface area contributed by atoms with Crippen molar-refractivity contribution in [1.82, 2.24) is 0 Å². The summed E-state index contributed by atoms with van der Waals surface area (Å²) in [5.41, 5.74) is 0. The van der Waals surface area contributed by atoms with Crippen LogP contribution in [0.15, 0.2) is 0 Å². The highest BCUT2D eigenvalue weighted by Crippen LogP contribution is 1.50. The molecule has 0 radical (unpaired) electrons. The molecule has 0 aliphatic rings. The van der Waals surface area contributed by atoms with Crippen molar-refractivity contribution in [1.29, 1.82) is 0 Å². The molecule has 0 aliphatic carbocycles. The van der Waals surface area contributed by atoms with E-state index in [1.165, 1.54) is 0 Å². The summed E-state index contributed by atoms with van der Waals surface area (Å²) in [5, 5.41) is 9.24. The smallest absolute Gasteiger partial charge is 0.290 e. The zero-order chi connectivity index (χ0) is 5.21. The Labute approximate surface area is 35.8 Å². The maximum Gasteiger partial charge on any atom is 0.290 e. The molecule has 0 fully saturated rings. The third kappa shape index (κ3) is 3.87. The summed E-state index contributed by atoms with van der Waals surface area (Å²) in [7, 11) is -3.34. The first-order chi connectivity index (χ1) is 2.56. The minimum Gasteiger partial charge on any atom is -0.620 e. The van der Waals surface area contributed by atoms with Crippen LogP contribution in [0.25, 0.3) is 0 Å². The molecule has 0 saturated heterocycles. The van der Waals surface area contributed by atoms with Crippen LogP contribution >= 0.6 is 0 Å². The number of sulfonamides is 1. The number of primary sulfonamides is 1. The van der Waals surface area contributed by atoms with Crippen molar-refractivity contribution in [3.05, 3.63) is 5.21 Å². The van der Waals surface area contributed by atoms with Crippen molar-refractivity contribution in [2.75, 3.05) is 6.26 Å². The van der Waals surface area contributed by atoms with E-state index >= 15 is 0 Å². The zero-order valence-corrected chi connectivity index (χ0v) is 4.03. The van der Waals surface area contributed by atoms with Crippen molar-refractivity contribution >= 4 is 10.0 Å². The fraction of sp³-hybridized carbons (Fsp3) is 1.00. The number of rotatable bonds is 1. The first-order valence-electron chi connectivity index (χ1n) is 1.21. The minimum absolute atomic E-state index is 0.0903. The highest BCUT2D eigenvalue weighted by atomic mass is 32.2. The van der Waals surface area contributed by atoms with Gasteiger partial charge in [-0.1, -0.05) is 0 Å². The molecule has 2 N–H and O–H groups in total. The maximum absolute atomic E-state index is 9.63. The second kappa shape index (κ2) is 1.55. The van der Waals surface area contributed by atoms with Crippen LogP contribution in [0, 0.1) is 5.21 Å². The lowest BCUT2D eigenvalue weighted by Crippen LogP contribution is -2.80. The third-order valence-corrected chi connectivity index (χ3v) is 0.524. The Morgan fingerprint density at radius 2 is 1.83 bits per heavy atom. The number of quaternary nitrogens is 1. The molecule has 0 saturated carbocycles. The molecule has 0 aliphatic heterocycles. The van der Waals surface area contributed by atoms with Crippen molar-refractivity contribution in [2.45, 2.75) is 0 Å². The molecule has 0 atom stereocenters. The molecule has 0 unspecified atom stereocenters. The lowest BCUT2D eigenvalue weighted by molar-refractivity contribution is -0.415. The molecule has 0 rings (SSSR count). The summed E-state index contributed by atoms with van der Waals surface area (Å²) in [5.74, 6) is 0. The van der Waals surface area contributed by atoms with Crippen LogP contribution in [-0.4, -0.2) is 14.7 Å². The fourth-order valence-electron chi connectivity index (χ4n) is 0. The van der Waals surface area contributed by atoms with Gasteiger partial charge >= 0.3 is 0 Å². The van der Waals surface area contributed by atoms with Crippen molar-refractivity contribution < 1.29 is 13.3 Å². The number of hydrogen-bond donors (Lipinski definition) is 1. The Morgan fingerprint density at radius 1 is 1.67 bits per heavy atom. The van der Waals surface area contributed by atoms with E-state index in [2.05, 4.69) is 0 Å². The lowest BCUT2D eigenvalue weighted by Gasteiger charge is -1.92. The molecule has 0 bridgehead atoms. The number of hydrogen-bond acceptors (Lipinski definition) is 3. The Bertz CT molecular complexity index is 113. The van der Waals surface area contributed by atoms with E-state index in [1.807, 2.05) is 0 Å². The molecule has 0 aromatic carbocycles. The van der Waals surface area contributed by atoms with E-state index in [0.717, 1.165) is 6.26 Å². The Balaban J connectivity index is 3.85.